The topological polar surface area (TPSA) is 33.3 Å². The molecular weight excluding hydrogens is 224 g/mol. The number of aryl methyl sites for hydroxylation is 2. The van der Waals surface area contributed by atoms with Crippen LogP contribution < -0.4 is 15.4 Å². The van der Waals surface area contributed by atoms with Gasteiger partial charge in [-0.1, -0.05) is 19.9 Å². The van der Waals surface area contributed by atoms with Crippen molar-refractivity contribution < 1.29 is 4.74 Å². The Kier molecular flexibility index (Phi) is 6.16. The van der Waals surface area contributed by atoms with E-state index >= 15 is 0 Å². The summed E-state index contributed by atoms with van der Waals surface area (Å²) in [5.41, 5.74) is 3.82. The van der Waals surface area contributed by atoms with Crippen LogP contribution in [0.2, 0.25) is 0 Å². The molecule has 0 bridgehead atoms. The van der Waals surface area contributed by atoms with E-state index in [1.165, 1.54) is 16.7 Å². The zero-order valence-corrected chi connectivity index (χ0v) is 12.3. The van der Waals surface area contributed by atoms with E-state index in [2.05, 4.69) is 50.5 Å². The van der Waals surface area contributed by atoms with Crippen molar-refractivity contribution in [3.63, 3.8) is 0 Å². The van der Waals surface area contributed by atoms with Gasteiger partial charge < -0.3 is 15.4 Å². The minimum absolute atomic E-state index is 0.553. The van der Waals surface area contributed by atoms with Crippen molar-refractivity contribution >= 4 is 0 Å². The van der Waals surface area contributed by atoms with Gasteiger partial charge in [0.25, 0.3) is 0 Å². The minimum atomic E-state index is 0.553. The lowest BCUT2D eigenvalue weighted by Crippen LogP contribution is -2.31. The molecule has 0 radical (unpaired) electrons. The fourth-order valence-corrected chi connectivity index (χ4v) is 1.93. The molecule has 1 aromatic carbocycles. The summed E-state index contributed by atoms with van der Waals surface area (Å²) >= 11 is 0. The van der Waals surface area contributed by atoms with E-state index in [1.54, 1.807) is 7.11 Å². The van der Waals surface area contributed by atoms with Gasteiger partial charge in [0.05, 0.1) is 7.11 Å². The molecule has 0 saturated heterocycles. The highest BCUT2D eigenvalue weighted by molar-refractivity contribution is 5.41. The van der Waals surface area contributed by atoms with Crippen LogP contribution in [0.3, 0.4) is 0 Å². The molecule has 0 spiro atoms. The monoisotopic (exact) mass is 250 g/mol. The number of nitrogens with one attached hydrogen (secondary N) is 2. The molecule has 3 nitrogen and oxygen atoms in total. The fraction of sp³-hybridized carbons (Fsp3) is 0.600. The molecule has 0 unspecified atom stereocenters. The van der Waals surface area contributed by atoms with E-state index in [1.807, 2.05) is 0 Å². The predicted molar refractivity (Wildman–Crippen MR) is 77.3 cm³/mol. The third-order valence-electron chi connectivity index (χ3n) is 3.02. The van der Waals surface area contributed by atoms with E-state index in [9.17, 15) is 0 Å². The van der Waals surface area contributed by atoms with E-state index in [0.29, 0.717) is 6.04 Å². The lowest BCUT2D eigenvalue weighted by Gasteiger charge is -2.13. The summed E-state index contributed by atoms with van der Waals surface area (Å²) in [6.07, 6.45) is 0. The van der Waals surface area contributed by atoms with Crippen molar-refractivity contribution in [3.8, 4) is 5.75 Å². The summed E-state index contributed by atoms with van der Waals surface area (Å²) in [6.45, 7) is 11.5. The smallest absolute Gasteiger partial charge is 0.122 e. The number of hydrogen-bond donors (Lipinski definition) is 2. The summed E-state index contributed by atoms with van der Waals surface area (Å²) in [5, 5.41) is 6.85. The molecule has 0 aliphatic rings. The third kappa shape index (κ3) is 4.67. The van der Waals surface area contributed by atoms with Crippen LogP contribution in [-0.2, 0) is 6.54 Å². The maximum atomic E-state index is 5.32. The van der Waals surface area contributed by atoms with Gasteiger partial charge in [-0.25, -0.2) is 0 Å². The molecule has 0 aliphatic heterocycles. The molecule has 102 valence electrons. The molecule has 0 atom stereocenters. The van der Waals surface area contributed by atoms with Crippen molar-refractivity contribution in [1.29, 1.82) is 0 Å². The van der Waals surface area contributed by atoms with E-state index < -0.39 is 0 Å². The largest absolute Gasteiger partial charge is 0.496 e. The molecule has 2 N–H and O–H groups in total. The van der Waals surface area contributed by atoms with Crippen molar-refractivity contribution in [2.45, 2.75) is 40.3 Å². The van der Waals surface area contributed by atoms with Crippen LogP contribution in [0.25, 0.3) is 0 Å². The Morgan fingerprint density at radius 1 is 1.11 bits per heavy atom. The van der Waals surface area contributed by atoms with Gasteiger partial charge in [-0.05, 0) is 36.6 Å². The first-order valence-electron chi connectivity index (χ1n) is 6.62. The fourth-order valence-electron chi connectivity index (χ4n) is 1.93. The van der Waals surface area contributed by atoms with Crippen LogP contribution in [0.4, 0.5) is 0 Å². The Bertz CT molecular complexity index is 375. The maximum absolute atomic E-state index is 5.32. The Morgan fingerprint density at radius 3 is 2.44 bits per heavy atom. The highest BCUT2D eigenvalue weighted by atomic mass is 16.5. The van der Waals surface area contributed by atoms with Gasteiger partial charge in [-0.3, -0.25) is 0 Å². The molecule has 3 heteroatoms. The number of benzene rings is 1. The molecule has 0 heterocycles. The Labute approximate surface area is 111 Å². The van der Waals surface area contributed by atoms with Gasteiger partial charge in [-0.15, -0.1) is 0 Å². The highest BCUT2D eigenvalue weighted by Crippen LogP contribution is 2.22. The van der Waals surface area contributed by atoms with Crippen LogP contribution in [-0.4, -0.2) is 26.2 Å². The second-order valence-electron chi connectivity index (χ2n) is 5.03. The maximum Gasteiger partial charge on any atom is 0.122 e. The summed E-state index contributed by atoms with van der Waals surface area (Å²) in [5.74, 6) is 0.970. The van der Waals surface area contributed by atoms with Gasteiger partial charge in [0.15, 0.2) is 0 Å². The number of ether oxygens (including phenoxy) is 1. The summed E-state index contributed by atoms with van der Waals surface area (Å²) in [7, 11) is 1.72. The first kappa shape index (κ1) is 15.0. The number of hydrogen-bond acceptors (Lipinski definition) is 3. The van der Waals surface area contributed by atoms with Crippen LogP contribution in [0.5, 0.6) is 5.75 Å². The molecule has 0 fully saturated rings. The minimum Gasteiger partial charge on any atom is -0.496 e. The number of rotatable bonds is 7. The molecule has 1 rings (SSSR count). The average Bonchev–Trinajstić information content (AvgIpc) is 2.32. The van der Waals surface area contributed by atoms with Crippen LogP contribution in [0.1, 0.15) is 30.5 Å². The van der Waals surface area contributed by atoms with E-state index in [4.69, 9.17) is 4.74 Å². The first-order valence-corrected chi connectivity index (χ1v) is 6.62. The zero-order valence-electron chi connectivity index (χ0n) is 12.3. The third-order valence-corrected chi connectivity index (χ3v) is 3.02. The highest BCUT2D eigenvalue weighted by Gasteiger charge is 2.04. The molecule has 1 aromatic rings. The van der Waals surface area contributed by atoms with Gasteiger partial charge >= 0.3 is 0 Å². The zero-order chi connectivity index (χ0) is 13.5. The second-order valence-corrected chi connectivity index (χ2v) is 5.03. The molecule has 0 aromatic heterocycles. The number of methoxy groups -OCH3 is 1. The predicted octanol–water partition coefficient (Wildman–Crippen LogP) is 2.40. The van der Waals surface area contributed by atoms with Gasteiger partial charge in [0.1, 0.15) is 5.75 Å². The lowest BCUT2D eigenvalue weighted by molar-refractivity contribution is 0.411. The summed E-state index contributed by atoms with van der Waals surface area (Å²) < 4.78 is 5.32. The van der Waals surface area contributed by atoms with Gasteiger partial charge in [0.2, 0.25) is 0 Å². The average molecular weight is 250 g/mol. The Hall–Kier alpha value is -1.06. The SMILES string of the molecule is COc1cc(C)c(CNCCNC(C)C)cc1C. The summed E-state index contributed by atoms with van der Waals surface area (Å²) in [6, 6.07) is 4.87. The van der Waals surface area contributed by atoms with Crippen LogP contribution >= 0.6 is 0 Å². The van der Waals surface area contributed by atoms with Crippen molar-refractivity contribution in [1.82, 2.24) is 10.6 Å². The van der Waals surface area contributed by atoms with Crippen LogP contribution in [0, 0.1) is 13.8 Å². The molecular formula is C15H26N2O. The van der Waals surface area contributed by atoms with Gasteiger partial charge in [0, 0.05) is 25.7 Å². The molecule has 0 saturated carbocycles. The Balaban J connectivity index is 2.45. The molecule has 0 aliphatic carbocycles. The van der Waals surface area contributed by atoms with Crippen molar-refractivity contribution in [2.24, 2.45) is 0 Å². The van der Waals surface area contributed by atoms with Crippen molar-refractivity contribution in [2.75, 3.05) is 20.2 Å². The van der Waals surface area contributed by atoms with E-state index in [-0.39, 0.29) is 0 Å². The van der Waals surface area contributed by atoms with Crippen LogP contribution in [0.15, 0.2) is 12.1 Å². The van der Waals surface area contributed by atoms with Gasteiger partial charge in [-0.2, -0.15) is 0 Å². The van der Waals surface area contributed by atoms with E-state index in [0.717, 1.165) is 25.4 Å². The van der Waals surface area contributed by atoms with Crippen molar-refractivity contribution in [3.05, 3.63) is 28.8 Å². The molecule has 0 amide bonds. The standard InChI is InChI=1S/C15H26N2O/c1-11(2)17-7-6-16-10-14-8-13(4)15(18-5)9-12(14)3/h8-9,11,16-17H,6-7,10H2,1-5H3. The Morgan fingerprint density at radius 2 is 1.83 bits per heavy atom. The molecule has 18 heavy (non-hydrogen) atoms. The first-order chi connectivity index (χ1) is 8.54. The second kappa shape index (κ2) is 7.39. The summed E-state index contributed by atoms with van der Waals surface area (Å²) in [4.78, 5) is 0. The lowest BCUT2D eigenvalue weighted by atomic mass is 10.0. The quantitative estimate of drug-likeness (QED) is 0.729. The normalized spacial score (nSPS) is 11.0.